The van der Waals surface area contributed by atoms with E-state index in [1.807, 2.05) is 6.92 Å². The minimum Gasteiger partial charge on any atom is -0.354 e. The van der Waals surface area contributed by atoms with Crippen molar-refractivity contribution in [2.75, 3.05) is 13.1 Å². The lowest BCUT2D eigenvalue weighted by Crippen LogP contribution is -2.30. The molecule has 1 amide bonds. The molecule has 1 unspecified atom stereocenters. The van der Waals surface area contributed by atoms with Crippen LogP contribution in [-0.4, -0.2) is 34.0 Å². The van der Waals surface area contributed by atoms with E-state index in [0.29, 0.717) is 26.1 Å². The summed E-state index contributed by atoms with van der Waals surface area (Å²) in [5.41, 5.74) is 5.54. The lowest BCUT2D eigenvalue weighted by Gasteiger charge is -2.11. The molecule has 6 nitrogen and oxygen atoms in total. The topological polar surface area (TPSA) is 85.8 Å². The van der Waals surface area contributed by atoms with E-state index in [9.17, 15) is 4.79 Å². The third-order valence-electron chi connectivity index (χ3n) is 2.52. The maximum atomic E-state index is 11.5. The van der Waals surface area contributed by atoms with Gasteiger partial charge in [0.15, 0.2) is 0 Å². The van der Waals surface area contributed by atoms with Gasteiger partial charge in [-0.15, -0.1) is 5.10 Å². The van der Waals surface area contributed by atoms with Gasteiger partial charge in [0.2, 0.25) is 5.91 Å². The molecule has 3 N–H and O–H groups in total. The Morgan fingerprint density at radius 2 is 2.44 bits per heavy atom. The van der Waals surface area contributed by atoms with Crippen LogP contribution >= 0.6 is 0 Å². The number of carbonyl (C=O) groups excluding carboxylic acids is 1. The van der Waals surface area contributed by atoms with Crippen molar-refractivity contribution in [3.63, 3.8) is 0 Å². The van der Waals surface area contributed by atoms with Crippen LogP contribution in [0.2, 0.25) is 0 Å². The first kappa shape index (κ1) is 12.6. The number of nitrogens with zero attached hydrogens (tertiary/aromatic N) is 3. The largest absolute Gasteiger partial charge is 0.354 e. The zero-order valence-electron chi connectivity index (χ0n) is 9.59. The van der Waals surface area contributed by atoms with Gasteiger partial charge >= 0.3 is 0 Å². The van der Waals surface area contributed by atoms with Crippen LogP contribution in [0.25, 0.3) is 0 Å². The van der Waals surface area contributed by atoms with E-state index in [0.717, 1.165) is 6.42 Å². The summed E-state index contributed by atoms with van der Waals surface area (Å²) in [7, 11) is 0. The van der Waals surface area contributed by atoms with Gasteiger partial charge in [0, 0.05) is 19.2 Å². The van der Waals surface area contributed by atoms with Gasteiger partial charge in [-0.05, 0) is 12.5 Å². The van der Waals surface area contributed by atoms with Crippen LogP contribution in [-0.2, 0) is 11.3 Å². The highest BCUT2D eigenvalue weighted by Gasteiger charge is 2.09. The molecular formula is C10H19N5O. The predicted molar refractivity (Wildman–Crippen MR) is 60.5 cm³/mol. The van der Waals surface area contributed by atoms with E-state index in [2.05, 4.69) is 15.6 Å². The molecule has 1 heterocycles. The van der Waals surface area contributed by atoms with Crippen molar-refractivity contribution in [1.82, 2.24) is 20.3 Å². The van der Waals surface area contributed by atoms with Crippen molar-refractivity contribution in [3.8, 4) is 0 Å². The first-order chi connectivity index (χ1) is 7.76. The molecule has 1 atom stereocenters. The molecule has 0 spiro atoms. The fraction of sp³-hybridized carbons (Fsp3) is 0.700. The van der Waals surface area contributed by atoms with Gasteiger partial charge in [0.05, 0.1) is 12.7 Å². The Morgan fingerprint density at radius 1 is 1.62 bits per heavy atom. The van der Waals surface area contributed by atoms with Crippen molar-refractivity contribution < 1.29 is 4.79 Å². The molecule has 0 saturated heterocycles. The summed E-state index contributed by atoms with van der Waals surface area (Å²) >= 11 is 0. The first-order valence-electron chi connectivity index (χ1n) is 5.57. The average molecular weight is 225 g/mol. The minimum atomic E-state index is 0.0532. The van der Waals surface area contributed by atoms with Crippen molar-refractivity contribution in [2.45, 2.75) is 26.3 Å². The summed E-state index contributed by atoms with van der Waals surface area (Å²) in [6.07, 6.45) is 4.82. The molecule has 1 aromatic rings. The Balaban J connectivity index is 2.15. The van der Waals surface area contributed by atoms with E-state index in [-0.39, 0.29) is 11.8 Å². The van der Waals surface area contributed by atoms with Gasteiger partial charge in [-0.1, -0.05) is 18.6 Å². The maximum absolute atomic E-state index is 11.5. The number of amides is 1. The Hall–Kier alpha value is -1.43. The second-order valence-corrected chi connectivity index (χ2v) is 3.73. The van der Waals surface area contributed by atoms with E-state index in [1.54, 1.807) is 17.1 Å². The zero-order chi connectivity index (χ0) is 11.8. The molecule has 0 bridgehead atoms. The van der Waals surface area contributed by atoms with Crippen LogP contribution in [0.5, 0.6) is 0 Å². The molecule has 0 aromatic carbocycles. The molecule has 16 heavy (non-hydrogen) atoms. The Morgan fingerprint density at radius 3 is 3.00 bits per heavy atom. The highest BCUT2D eigenvalue weighted by atomic mass is 16.1. The quantitative estimate of drug-likeness (QED) is 0.671. The lowest BCUT2D eigenvalue weighted by atomic mass is 10.0. The molecule has 0 aliphatic rings. The van der Waals surface area contributed by atoms with Crippen molar-refractivity contribution in [3.05, 3.63) is 12.4 Å². The van der Waals surface area contributed by atoms with Crippen molar-refractivity contribution in [1.29, 1.82) is 0 Å². The normalized spacial score (nSPS) is 12.4. The minimum absolute atomic E-state index is 0.0532. The van der Waals surface area contributed by atoms with Crippen LogP contribution in [0.1, 0.15) is 19.8 Å². The summed E-state index contributed by atoms with van der Waals surface area (Å²) in [6.45, 7) is 3.82. The van der Waals surface area contributed by atoms with Gasteiger partial charge in [-0.25, -0.2) is 0 Å². The van der Waals surface area contributed by atoms with Crippen LogP contribution in [0.4, 0.5) is 0 Å². The molecule has 6 heteroatoms. The number of hydrogen-bond donors (Lipinski definition) is 2. The smallest absolute Gasteiger partial charge is 0.220 e. The van der Waals surface area contributed by atoms with Crippen molar-refractivity contribution in [2.24, 2.45) is 11.7 Å². The highest BCUT2D eigenvalue weighted by molar-refractivity contribution is 5.76. The molecule has 0 fully saturated rings. The van der Waals surface area contributed by atoms with E-state index in [1.165, 1.54) is 0 Å². The number of rotatable bonds is 7. The fourth-order valence-corrected chi connectivity index (χ4v) is 1.39. The number of carbonyl (C=O) groups is 1. The zero-order valence-corrected chi connectivity index (χ0v) is 9.59. The van der Waals surface area contributed by atoms with Gasteiger partial charge in [0.1, 0.15) is 0 Å². The first-order valence-corrected chi connectivity index (χ1v) is 5.57. The molecule has 90 valence electrons. The van der Waals surface area contributed by atoms with Gasteiger partial charge in [-0.3, -0.25) is 9.48 Å². The summed E-state index contributed by atoms with van der Waals surface area (Å²) in [6, 6.07) is 0. The molecule has 0 aliphatic carbocycles. The molecule has 1 rings (SSSR count). The summed E-state index contributed by atoms with van der Waals surface area (Å²) in [4.78, 5) is 11.5. The fourth-order valence-electron chi connectivity index (χ4n) is 1.39. The van der Waals surface area contributed by atoms with Crippen LogP contribution in [0.15, 0.2) is 12.4 Å². The third kappa shape index (κ3) is 4.39. The maximum Gasteiger partial charge on any atom is 0.220 e. The molecular weight excluding hydrogens is 206 g/mol. The molecule has 0 aliphatic heterocycles. The highest BCUT2D eigenvalue weighted by Crippen LogP contribution is 2.04. The molecule has 0 radical (unpaired) electrons. The predicted octanol–water partition coefficient (Wildman–Crippen LogP) is -0.231. The molecule has 1 aromatic heterocycles. The summed E-state index contributed by atoms with van der Waals surface area (Å²) in [5.74, 6) is 0.337. The average Bonchev–Trinajstić information content (AvgIpc) is 2.79. The standard InChI is InChI=1S/C10H19N5O/c1-2-9(8-11)7-10(16)12-3-5-15-6-4-13-14-15/h4,6,9H,2-3,5,7-8,11H2,1H3,(H,12,16). The Labute approximate surface area is 95.2 Å². The van der Waals surface area contributed by atoms with E-state index < -0.39 is 0 Å². The summed E-state index contributed by atoms with van der Waals surface area (Å²) < 4.78 is 1.68. The van der Waals surface area contributed by atoms with Gasteiger partial charge < -0.3 is 11.1 Å². The van der Waals surface area contributed by atoms with Gasteiger partial charge in [0.25, 0.3) is 0 Å². The van der Waals surface area contributed by atoms with Crippen LogP contribution < -0.4 is 11.1 Å². The number of hydrogen-bond acceptors (Lipinski definition) is 4. The number of nitrogens with one attached hydrogen (secondary N) is 1. The van der Waals surface area contributed by atoms with Crippen LogP contribution in [0.3, 0.4) is 0 Å². The monoisotopic (exact) mass is 225 g/mol. The lowest BCUT2D eigenvalue weighted by molar-refractivity contribution is -0.122. The van der Waals surface area contributed by atoms with Crippen molar-refractivity contribution >= 4 is 5.91 Å². The summed E-state index contributed by atoms with van der Waals surface area (Å²) in [5, 5.41) is 10.3. The second kappa shape index (κ2) is 6.95. The SMILES string of the molecule is CCC(CN)CC(=O)NCCn1ccnn1. The third-order valence-corrected chi connectivity index (χ3v) is 2.52. The molecule has 0 saturated carbocycles. The second-order valence-electron chi connectivity index (χ2n) is 3.73. The van der Waals surface area contributed by atoms with Crippen LogP contribution in [0, 0.1) is 5.92 Å². The number of nitrogens with two attached hydrogens (primary N) is 1. The van der Waals surface area contributed by atoms with E-state index >= 15 is 0 Å². The van der Waals surface area contributed by atoms with Gasteiger partial charge in [-0.2, -0.15) is 0 Å². The Kier molecular flexibility index (Phi) is 5.49. The Bertz CT molecular complexity index is 294. The number of aromatic nitrogens is 3. The van der Waals surface area contributed by atoms with E-state index in [4.69, 9.17) is 5.73 Å².